The fourth-order valence-electron chi connectivity index (χ4n) is 7.17. The van der Waals surface area contributed by atoms with Crippen LogP contribution >= 0.6 is 0 Å². The van der Waals surface area contributed by atoms with Crippen LogP contribution in [-0.4, -0.2) is 37.7 Å². The number of nitrogens with one attached hydrogen (secondary N) is 1. The molecule has 0 radical (unpaired) electrons. The number of hydrogen-bond donors (Lipinski definition) is 2. The molecule has 0 aliphatic heterocycles. The molecule has 7 rings (SSSR count). The molecule has 3 aromatic rings. The van der Waals surface area contributed by atoms with Gasteiger partial charge >= 0.3 is 6.16 Å². The molecule has 182 valence electrons. The Labute approximate surface area is 201 Å². The van der Waals surface area contributed by atoms with Gasteiger partial charge in [0.15, 0.2) is 5.75 Å². The SMILES string of the molecule is O=C(O)Oc1cccn(Cc2cn3c(C(=O)NCC45CC6CC(CC(C6)C4)C5)cccc3n2)c1=O. The van der Waals surface area contributed by atoms with E-state index in [4.69, 9.17) is 5.11 Å². The molecule has 0 atom stereocenters. The first-order valence-electron chi connectivity index (χ1n) is 12.2. The van der Waals surface area contributed by atoms with Crippen LogP contribution in [0.25, 0.3) is 5.65 Å². The van der Waals surface area contributed by atoms with E-state index in [1.807, 2.05) is 6.07 Å². The van der Waals surface area contributed by atoms with Crippen molar-refractivity contribution in [3.8, 4) is 5.75 Å². The Morgan fingerprint density at radius 1 is 1.09 bits per heavy atom. The second kappa shape index (κ2) is 8.25. The second-order valence-electron chi connectivity index (χ2n) is 10.6. The van der Waals surface area contributed by atoms with Crippen molar-refractivity contribution in [2.24, 2.45) is 23.2 Å². The maximum atomic E-state index is 13.2. The van der Waals surface area contributed by atoms with Crippen molar-refractivity contribution >= 4 is 17.7 Å². The van der Waals surface area contributed by atoms with Crippen LogP contribution in [-0.2, 0) is 6.54 Å². The molecule has 0 saturated heterocycles. The van der Waals surface area contributed by atoms with Crippen LogP contribution in [0.1, 0.15) is 54.7 Å². The van der Waals surface area contributed by atoms with Gasteiger partial charge < -0.3 is 19.7 Å². The summed E-state index contributed by atoms with van der Waals surface area (Å²) in [5.74, 6) is 2.11. The van der Waals surface area contributed by atoms with Crippen molar-refractivity contribution in [3.63, 3.8) is 0 Å². The highest BCUT2D eigenvalue weighted by Gasteiger charge is 2.50. The first-order chi connectivity index (χ1) is 16.9. The maximum absolute atomic E-state index is 13.2. The van der Waals surface area contributed by atoms with Crippen molar-refractivity contribution in [1.82, 2.24) is 19.3 Å². The molecular formula is C26H28N4O5. The van der Waals surface area contributed by atoms with Gasteiger partial charge in [0.05, 0.1) is 12.2 Å². The third-order valence-electron chi connectivity index (χ3n) is 8.08. The van der Waals surface area contributed by atoms with E-state index in [1.165, 1.54) is 49.2 Å². The van der Waals surface area contributed by atoms with Crippen molar-refractivity contribution in [2.45, 2.75) is 45.1 Å². The van der Waals surface area contributed by atoms with Crippen LogP contribution < -0.4 is 15.6 Å². The molecule has 0 unspecified atom stereocenters. The number of carboxylic acid groups (broad SMARTS) is 1. The number of amides is 1. The van der Waals surface area contributed by atoms with Gasteiger partial charge in [-0.3, -0.25) is 14.0 Å². The van der Waals surface area contributed by atoms with Crippen molar-refractivity contribution in [2.75, 3.05) is 6.54 Å². The minimum Gasteiger partial charge on any atom is -0.449 e. The standard InChI is InChI=1S/C26H28N4O5/c31-23(27-15-26-10-16-7-17(11-26)9-18(8-16)12-26)20-3-1-5-22-28-19(14-30(20)22)13-29-6-2-4-21(24(29)32)35-25(33)34/h1-6,14,16-18H,7-13,15H2,(H,27,31)(H,33,34). The topological polar surface area (TPSA) is 115 Å². The number of nitrogens with zero attached hydrogens (tertiary/aromatic N) is 3. The zero-order chi connectivity index (χ0) is 24.2. The molecule has 4 saturated carbocycles. The number of ether oxygens (including phenoxy) is 1. The van der Waals surface area contributed by atoms with Gasteiger partial charge in [-0.25, -0.2) is 9.78 Å². The number of fused-ring (bicyclic) bond motifs is 1. The Morgan fingerprint density at radius 3 is 2.49 bits per heavy atom. The molecule has 9 nitrogen and oxygen atoms in total. The number of pyridine rings is 2. The van der Waals surface area contributed by atoms with Gasteiger partial charge in [0.2, 0.25) is 0 Å². The third-order valence-corrected chi connectivity index (χ3v) is 8.08. The fraction of sp³-hybridized carbons (Fsp3) is 0.462. The quantitative estimate of drug-likeness (QED) is 0.526. The monoisotopic (exact) mass is 476 g/mol. The Hall–Kier alpha value is -3.62. The average molecular weight is 477 g/mol. The zero-order valence-corrected chi connectivity index (χ0v) is 19.4. The number of aromatic nitrogens is 3. The summed E-state index contributed by atoms with van der Waals surface area (Å²) in [5.41, 5.74) is 1.36. The van der Waals surface area contributed by atoms with Crippen molar-refractivity contribution in [1.29, 1.82) is 0 Å². The highest BCUT2D eigenvalue weighted by Crippen LogP contribution is 2.59. The minimum atomic E-state index is -1.54. The van der Waals surface area contributed by atoms with Crippen LogP contribution in [0.4, 0.5) is 4.79 Å². The normalized spacial score (nSPS) is 26.7. The molecule has 3 heterocycles. The van der Waals surface area contributed by atoms with Crippen molar-refractivity contribution < 1.29 is 19.4 Å². The summed E-state index contributed by atoms with van der Waals surface area (Å²) in [6.07, 6.45) is 9.56. The second-order valence-corrected chi connectivity index (χ2v) is 10.6. The first kappa shape index (κ1) is 21.9. The predicted molar refractivity (Wildman–Crippen MR) is 127 cm³/mol. The lowest BCUT2D eigenvalue weighted by Crippen LogP contribution is -2.51. The molecule has 4 aliphatic rings. The van der Waals surface area contributed by atoms with E-state index in [-0.39, 0.29) is 23.6 Å². The fourth-order valence-corrected chi connectivity index (χ4v) is 7.17. The van der Waals surface area contributed by atoms with E-state index in [0.717, 1.165) is 24.3 Å². The molecule has 3 aromatic heterocycles. The molecule has 9 heteroatoms. The molecule has 4 fully saturated rings. The van der Waals surface area contributed by atoms with Gasteiger partial charge in [-0.15, -0.1) is 0 Å². The van der Waals surface area contributed by atoms with Gasteiger partial charge in [-0.1, -0.05) is 6.07 Å². The lowest BCUT2D eigenvalue weighted by atomic mass is 9.49. The summed E-state index contributed by atoms with van der Waals surface area (Å²) in [5, 5.41) is 12.0. The Balaban J connectivity index is 1.20. The van der Waals surface area contributed by atoms with Crippen LogP contribution in [0.15, 0.2) is 47.5 Å². The van der Waals surface area contributed by atoms with Crippen molar-refractivity contribution in [3.05, 3.63) is 64.5 Å². The van der Waals surface area contributed by atoms with Crippen LogP contribution in [0.3, 0.4) is 0 Å². The highest BCUT2D eigenvalue weighted by atomic mass is 16.7. The summed E-state index contributed by atoms with van der Waals surface area (Å²) >= 11 is 0. The number of hydrogen-bond acceptors (Lipinski definition) is 5. The molecule has 0 spiro atoms. The first-order valence-corrected chi connectivity index (χ1v) is 12.2. The smallest absolute Gasteiger partial charge is 0.449 e. The molecule has 1 amide bonds. The van der Waals surface area contributed by atoms with E-state index < -0.39 is 11.7 Å². The van der Waals surface area contributed by atoms with Gasteiger partial charge in [0, 0.05) is 18.9 Å². The Bertz CT molecular complexity index is 1340. The maximum Gasteiger partial charge on any atom is 0.511 e. The average Bonchev–Trinajstić information content (AvgIpc) is 3.21. The molecule has 4 bridgehead atoms. The van der Waals surface area contributed by atoms with E-state index in [0.29, 0.717) is 17.0 Å². The lowest BCUT2D eigenvalue weighted by molar-refractivity contribution is -0.0503. The van der Waals surface area contributed by atoms with Gasteiger partial charge in [0.25, 0.3) is 11.5 Å². The summed E-state index contributed by atoms with van der Waals surface area (Å²) in [7, 11) is 0. The number of carbonyl (C=O) groups excluding carboxylic acids is 1. The summed E-state index contributed by atoms with van der Waals surface area (Å²) < 4.78 is 7.62. The largest absolute Gasteiger partial charge is 0.511 e. The van der Waals surface area contributed by atoms with Crippen LogP contribution in [0.2, 0.25) is 0 Å². The predicted octanol–water partition coefficient (Wildman–Crippen LogP) is 3.55. The lowest BCUT2D eigenvalue weighted by Gasteiger charge is -2.56. The minimum absolute atomic E-state index is 0.117. The number of carbonyl (C=O) groups is 2. The van der Waals surface area contributed by atoms with Gasteiger partial charge in [-0.2, -0.15) is 0 Å². The van der Waals surface area contributed by atoms with E-state index in [2.05, 4.69) is 15.0 Å². The molecule has 2 N–H and O–H groups in total. The van der Waals surface area contributed by atoms with Crippen LogP contribution in [0, 0.1) is 23.2 Å². The van der Waals surface area contributed by atoms with E-state index in [9.17, 15) is 14.4 Å². The van der Waals surface area contributed by atoms with Gasteiger partial charge in [-0.05, 0) is 86.0 Å². The summed E-state index contributed by atoms with van der Waals surface area (Å²) in [4.78, 5) is 41.1. The summed E-state index contributed by atoms with van der Waals surface area (Å²) in [6, 6.07) is 8.24. The number of rotatable bonds is 6. The van der Waals surface area contributed by atoms with Gasteiger partial charge in [0.1, 0.15) is 11.3 Å². The Morgan fingerprint density at radius 2 is 1.80 bits per heavy atom. The number of imidazole rings is 1. The van der Waals surface area contributed by atoms with Crippen LogP contribution in [0.5, 0.6) is 5.75 Å². The third kappa shape index (κ3) is 4.09. The molecular weight excluding hydrogens is 448 g/mol. The molecule has 4 aliphatic carbocycles. The summed E-state index contributed by atoms with van der Waals surface area (Å²) in [6.45, 7) is 0.838. The molecule has 35 heavy (non-hydrogen) atoms. The van der Waals surface area contributed by atoms with E-state index in [1.54, 1.807) is 35.0 Å². The zero-order valence-electron chi connectivity index (χ0n) is 19.4. The molecule has 0 aromatic carbocycles. The highest BCUT2D eigenvalue weighted by molar-refractivity contribution is 5.93. The van der Waals surface area contributed by atoms with E-state index >= 15 is 0 Å². The Kier molecular flexibility index (Phi) is 5.16.